The number of hydrogen-bond donors (Lipinski definition) is 1. The molecule has 0 bridgehead atoms. The summed E-state index contributed by atoms with van der Waals surface area (Å²) >= 11 is 0. The van der Waals surface area contributed by atoms with E-state index in [1.165, 1.54) is 37.0 Å². The van der Waals surface area contributed by atoms with E-state index in [1.54, 1.807) is 0 Å². The number of imidazole rings is 1. The molecule has 1 aromatic heterocycles. The summed E-state index contributed by atoms with van der Waals surface area (Å²) in [7, 11) is 0. The highest BCUT2D eigenvalue weighted by Crippen LogP contribution is 2.28. The molecule has 0 radical (unpaired) electrons. The van der Waals surface area contributed by atoms with Crippen LogP contribution in [0.3, 0.4) is 0 Å². The van der Waals surface area contributed by atoms with Gasteiger partial charge >= 0.3 is 0 Å². The molecule has 1 aromatic carbocycles. The highest BCUT2D eigenvalue weighted by Gasteiger charge is 2.23. The van der Waals surface area contributed by atoms with E-state index in [1.807, 2.05) is 0 Å². The van der Waals surface area contributed by atoms with Crippen molar-refractivity contribution in [1.29, 1.82) is 0 Å². The number of nitrogens with two attached hydrogens (primary N) is 1. The number of benzene rings is 1. The molecule has 1 fully saturated rings. The minimum atomic E-state index is 0.417. The number of aryl methyl sites for hydroxylation is 2. The van der Waals surface area contributed by atoms with Crippen molar-refractivity contribution in [3.63, 3.8) is 0 Å². The first-order valence-electron chi connectivity index (χ1n) is 7.49. The molecule has 0 amide bonds. The van der Waals surface area contributed by atoms with E-state index >= 15 is 0 Å². The van der Waals surface area contributed by atoms with Gasteiger partial charge in [0, 0.05) is 19.0 Å². The Labute approximate surface area is 114 Å². The van der Waals surface area contributed by atoms with E-state index in [9.17, 15) is 0 Å². The topological polar surface area (TPSA) is 43.8 Å². The third-order valence-corrected chi connectivity index (χ3v) is 4.49. The van der Waals surface area contributed by atoms with Gasteiger partial charge in [0.15, 0.2) is 0 Å². The summed E-state index contributed by atoms with van der Waals surface area (Å²) in [4.78, 5) is 4.73. The number of rotatable bonds is 4. The summed E-state index contributed by atoms with van der Waals surface area (Å²) in [6, 6.07) is 8.86. The van der Waals surface area contributed by atoms with E-state index in [4.69, 9.17) is 10.7 Å². The maximum atomic E-state index is 6.18. The van der Waals surface area contributed by atoms with E-state index < -0.39 is 0 Å². The fourth-order valence-corrected chi connectivity index (χ4v) is 3.36. The maximum absolute atomic E-state index is 6.18. The van der Waals surface area contributed by atoms with Crippen molar-refractivity contribution >= 4 is 11.0 Å². The van der Waals surface area contributed by atoms with Crippen LogP contribution in [0, 0.1) is 5.92 Å². The molecule has 1 heterocycles. The van der Waals surface area contributed by atoms with Crippen molar-refractivity contribution in [3.05, 3.63) is 30.1 Å². The predicted molar refractivity (Wildman–Crippen MR) is 79.0 cm³/mol. The fraction of sp³-hybridized carbons (Fsp3) is 0.562. The van der Waals surface area contributed by atoms with E-state index in [-0.39, 0.29) is 0 Å². The smallest absolute Gasteiger partial charge is 0.109 e. The van der Waals surface area contributed by atoms with Crippen molar-refractivity contribution in [2.24, 2.45) is 11.7 Å². The van der Waals surface area contributed by atoms with Gasteiger partial charge in [0.05, 0.1) is 11.0 Å². The highest BCUT2D eigenvalue weighted by molar-refractivity contribution is 5.75. The molecule has 0 saturated heterocycles. The first kappa shape index (κ1) is 12.7. The zero-order chi connectivity index (χ0) is 13.2. The Hall–Kier alpha value is -1.35. The van der Waals surface area contributed by atoms with Gasteiger partial charge in [0.25, 0.3) is 0 Å². The molecule has 3 rings (SSSR count). The Bertz CT molecular complexity index is 558. The van der Waals surface area contributed by atoms with Gasteiger partial charge in [0.2, 0.25) is 0 Å². The largest absolute Gasteiger partial charge is 0.328 e. The standard InChI is InChI=1S/C16H23N3/c1-2-16-18-14-8-3-4-9-15(14)19(16)11-10-12-6-5-7-13(12)17/h3-4,8-9,12-13H,2,5-7,10-11,17H2,1H3. The molecule has 2 atom stereocenters. The summed E-state index contributed by atoms with van der Waals surface area (Å²) in [5.74, 6) is 1.90. The van der Waals surface area contributed by atoms with Crippen molar-refractivity contribution in [1.82, 2.24) is 9.55 Å². The summed E-state index contributed by atoms with van der Waals surface area (Å²) in [5, 5.41) is 0. The van der Waals surface area contributed by atoms with Crippen LogP contribution >= 0.6 is 0 Å². The van der Waals surface area contributed by atoms with Gasteiger partial charge in [-0.15, -0.1) is 0 Å². The third-order valence-electron chi connectivity index (χ3n) is 4.49. The van der Waals surface area contributed by atoms with Crippen LogP contribution in [0.15, 0.2) is 24.3 Å². The first-order chi connectivity index (χ1) is 9.29. The van der Waals surface area contributed by atoms with Crippen molar-refractivity contribution in [2.45, 2.75) is 51.6 Å². The van der Waals surface area contributed by atoms with Crippen LogP contribution in [0.5, 0.6) is 0 Å². The maximum Gasteiger partial charge on any atom is 0.109 e. The second kappa shape index (κ2) is 5.33. The van der Waals surface area contributed by atoms with Crippen molar-refractivity contribution in [2.75, 3.05) is 0 Å². The lowest BCUT2D eigenvalue weighted by Crippen LogP contribution is -2.25. The van der Waals surface area contributed by atoms with E-state index in [2.05, 4.69) is 35.8 Å². The molecule has 0 aliphatic heterocycles. The summed E-state index contributed by atoms with van der Waals surface area (Å²) in [6.07, 6.45) is 5.99. The van der Waals surface area contributed by atoms with Crippen molar-refractivity contribution in [3.8, 4) is 0 Å². The molecule has 1 aliphatic rings. The second-order valence-corrected chi connectivity index (χ2v) is 5.67. The van der Waals surface area contributed by atoms with Gasteiger partial charge in [-0.25, -0.2) is 4.98 Å². The molecule has 3 heteroatoms. The van der Waals surface area contributed by atoms with E-state index in [0.717, 1.165) is 18.5 Å². The lowest BCUT2D eigenvalue weighted by molar-refractivity contribution is 0.415. The van der Waals surface area contributed by atoms with Gasteiger partial charge in [-0.3, -0.25) is 0 Å². The lowest BCUT2D eigenvalue weighted by Gasteiger charge is -2.16. The molecule has 3 nitrogen and oxygen atoms in total. The molecule has 2 N–H and O–H groups in total. The van der Waals surface area contributed by atoms with Gasteiger partial charge in [-0.2, -0.15) is 0 Å². The highest BCUT2D eigenvalue weighted by atomic mass is 15.1. The molecule has 1 aliphatic carbocycles. The monoisotopic (exact) mass is 257 g/mol. The molecular weight excluding hydrogens is 234 g/mol. The predicted octanol–water partition coefficient (Wildman–Crippen LogP) is 3.12. The lowest BCUT2D eigenvalue weighted by atomic mass is 10.0. The SMILES string of the molecule is CCc1nc2ccccc2n1CCC1CCCC1N. The fourth-order valence-electron chi connectivity index (χ4n) is 3.36. The van der Waals surface area contributed by atoms with Crippen LogP contribution in [-0.2, 0) is 13.0 Å². The molecule has 102 valence electrons. The Morgan fingerprint density at radius 1 is 1.32 bits per heavy atom. The molecule has 1 saturated carbocycles. The summed E-state index contributed by atoms with van der Waals surface area (Å²) in [6.45, 7) is 3.24. The Morgan fingerprint density at radius 3 is 2.89 bits per heavy atom. The molecule has 2 aromatic rings. The number of aromatic nitrogens is 2. The van der Waals surface area contributed by atoms with Crippen LogP contribution in [0.4, 0.5) is 0 Å². The first-order valence-corrected chi connectivity index (χ1v) is 7.49. The average Bonchev–Trinajstić information content (AvgIpc) is 2.99. The zero-order valence-corrected chi connectivity index (χ0v) is 11.7. The Kier molecular flexibility index (Phi) is 3.56. The minimum absolute atomic E-state index is 0.417. The van der Waals surface area contributed by atoms with Gasteiger partial charge < -0.3 is 10.3 Å². The summed E-state index contributed by atoms with van der Waals surface area (Å²) in [5.41, 5.74) is 8.57. The number of para-hydroxylation sites is 2. The Morgan fingerprint density at radius 2 is 2.16 bits per heavy atom. The molecule has 2 unspecified atom stereocenters. The van der Waals surface area contributed by atoms with Crippen LogP contribution in [-0.4, -0.2) is 15.6 Å². The quantitative estimate of drug-likeness (QED) is 0.914. The van der Waals surface area contributed by atoms with Crippen LogP contribution in [0.2, 0.25) is 0 Å². The molecule has 0 spiro atoms. The van der Waals surface area contributed by atoms with Crippen molar-refractivity contribution < 1.29 is 0 Å². The van der Waals surface area contributed by atoms with Gasteiger partial charge in [-0.1, -0.05) is 25.5 Å². The zero-order valence-electron chi connectivity index (χ0n) is 11.7. The van der Waals surface area contributed by atoms with E-state index in [0.29, 0.717) is 12.0 Å². The molecular formula is C16H23N3. The third kappa shape index (κ3) is 2.39. The minimum Gasteiger partial charge on any atom is -0.328 e. The van der Waals surface area contributed by atoms with Crippen LogP contribution in [0.1, 0.15) is 38.4 Å². The number of hydrogen-bond acceptors (Lipinski definition) is 2. The average molecular weight is 257 g/mol. The van der Waals surface area contributed by atoms with Gasteiger partial charge in [0.1, 0.15) is 5.82 Å². The number of fused-ring (bicyclic) bond motifs is 1. The Balaban J connectivity index is 1.83. The normalized spacial score (nSPS) is 23.3. The summed E-state index contributed by atoms with van der Waals surface area (Å²) < 4.78 is 2.39. The molecule has 19 heavy (non-hydrogen) atoms. The van der Waals surface area contributed by atoms with Gasteiger partial charge in [-0.05, 0) is 37.3 Å². The number of nitrogens with zero attached hydrogens (tertiary/aromatic N) is 2. The van der Waals surface area contributed by atoms with Crippen LogP contribution in [0.25, 0.3) is 11.0 Å². The van der Waals surface area contributed by atoms with Crippen LogP contribution < -0.4 is 5.73 Å². The second-order valence-electron chi connectivity index (χ2n) is 5.67.